The summed E-state index contributed by atoms with van der Waals surface area (Å²) in [5.74, 6) is -0.627. The van der Waals surface area contributed by atoms with Crippen LogP contribution in [0.15, 0.2) is 24.3 Å². The SMILES string of the molecule is CCN(CCN)C(=O)c1ccc(OC(F)(F)F)cc1. The van der Waals surface area contributed by atoms with Gasteiger partial charge in [0.25, 0.3) is 5.91 Å². The van der Waals surface area contributed by atoms with Gasteiger partial charge in [-0.25, -0.2) is 0 Å². The third kappa shape index (κ3) is 4.78. The van der Waals surface area contributed by atoms with Gasteiger partial charge in [0, 0.05) is 25.2 Å². The predicted molar refractivity (Wildman–Crippen MR) is 63.8 cm³/mol. The van der Waals surface area contributed by atoms with Crippen molar-refractivity contribution in [3.05, 3.63) is 29.8 Å². The molecular formula is C12H15F3N2O2. The molecule has 0 aromatic heterocycles. The molecule has 0 unspecified atom stereocenters. The van der Waals surface area contributed by atoms with E-state index >= 15 is 0 Å². The number of halogens is 3. The molecule has 106 valence electrons. The average molecular weight is 276 g/mol. The fourth-order valence-electron chi connectivity index (χ4n) is 1.54. The standard InChI is InChI=1S/C12H15F3N2O2/c1-2-17(8-7-16)11(18)9-3-5-10(6-4-9)19-12(13,14)15/h3-6H,2,7-8,16H2,1H3. The molecule has 0 spiro atoms. The van der Waals surface area contributed by atoms with E-state index in [0.29, 0.717) is 25.2 Å². The van der Waals surface area contributed by atoms with Crippen LogP contribution in [-0.2, 0) is 0 Å². The lowest BCUT2D eigenvalue weighted by Gasteiger charge is -2.20. The Kier molecular flexibility index (Phi) is 5.17. The Balaban J connectivity index is 2.78. The number of nitrogens with zero attached hydrogens (tertiary/aromatic N) is 1. The minimum atomic E-state index is -4.74. The Hall–Kier alpha value is -1.76. The second-order valence-electron chi connectivity index (χ2n) is 3.75. The summed E-state index contributed by atoms with van der Waals surface area (Å²) in [4.78, 5) is 13.5. The van der Waals surface area contributed by atoms with Crippen molar-refractivity contribution >= 4 is 5.91 Å². The van der Waals surface area contributed by atoms with Crippen molar-refractivity contribution in [2.24, 2.45) is 5.73 Å². The number of nitrogens with two attached hydrogens (primary N) is 1. The number of amides is 1. The molecular weight excluding hydrogens is 261 g/mol. The van der Waals surface area contributed by atoms with Crippen LogP contribution in [0.3, 0.4) is 0 Å². The molecule has 0 aliphatic carbocycles. The molecule has 0 aliphatic heterocycles. The summed E-state index contributed by atoms with van der Waals surface area (Å²) in [6.45, 7) is 3.01. The van der Waals surface area contributed by atoms with Gasteiger partial charge in [-0.3, -0.25) is 4.79 Å². The lowest BCUT2D eigenvalue weighted by atomic mass is 10.2. The maximum Gasteiger partial charge on any atom is 0.573 e. The van der Waals surface area contributed by atoms with E-state index < -0.39 is 6.36 Å². The highest BCUT2D eigenvalue weighted by atomic mass is 19.4. The third-order valence-corrected chi connectivity index (χ3v) is 2.40. The molecule has 0 bridgehead atoms. The van der Waals surface area contributed by atoms with Crippen LogP contribution in [0.5, 0.6) is 5.75 Å². The van der Waals surface area contributed by atoms with Crippen LogP contribution in [0, 0.1) is 0 Å². The van der Waals surface area contributed by atoms with Crippen molar-refractivity contribution in [2.45, 2.75) is 13.3 Å². The number of benzene rings is 1. The molecule has 0 saturated heterocycles. The maximum atomic E-state index is 12.0. The molecule has 1 amide bonds. The van der Waals surface area contributed by atoms with Crippen LogP contribution in [0.1, 0.15) is 17.3 Å². The van der Waals surface area contributed by atoms with Crippen LogP contribution in [0.4, 0.5) is 13.2 Å². The molecule has 19 heavy (non-hydrogen) atoms. The zero-order valence-electron chi connectivity index (χ0n) is 10.4. The van der Waals surface area contributed by atoms with Crippen molar-refractivity contribution in [1.82, 2.24) is 4.90 Å². The normalized spacial score (nSPS) is 11.2. The fraction of sp³-hybridized carbons (Fsp3) is 0.417. The molecule has 7 heteroatoms. The molecule has 0 saturated carbocycles. The van der Waals surface area contributed by atoms with Crippen molar-refractivity contribution in [3.8, 4) is 5.75 Å². The molecule has 0 radical (unpaired) electrons. The van der Waals surface area contributed by atoms with Gasteiger partial charge in [-0.1, -0.05) is 0 Å². The highest BCUT2D eigenvalue weighted by molar-refractivity contribution is 5.94. The van der Waals surface area contributed by atoms with Gasteiger partial charge in [0.2, 0.25) is 0 Å². The third-order valence-electron chi connectivity index (χ3n) is 2.40. The maximum absolute atomic E-state index is 12.0. The number of hydrogen-bond donors (Lipinski definition) is 1. The van der Waals surface area contributed by atoms with E-state index in [1.165, 1.54) is 17.0 Å². The van der Waals surface area contributed by atoms with E-state index in [-0.39, 0.29) is 11.7 Å². The predicted octanol–water partition coefficient (Wildman–Crippen LogP) is 2.01. The first-order valence-corrected chi connectivity index (χ1v) is 5.72. The smallest absolute Gasteiger partial charge is 0.406 e. The monoisotopic (exact) mass is 276 g/mol. The van der Waals surface area contributed by atoms with Gasteiger partial charge in [-0.2, -0.15) is 0 Å². The highest BCUT2D eigenvalue weighted by Crippen LogP contribution is 2.23. The summed E-state index contributed by atoms with van der Waals surface area (Å²) in [5.41, 5.74) is 5.67. The van der Waals surface area contributed by atoms with E-state index in [4.69, 9.17) is 5.73 Å². The van der Waals surface area contributed by atoms with E-state index in [1.807, 2.05) is 0 Å². The second kappa shape index (κ2) is 6.42. The summed E-state index contributed by atoms with van der Waals surface area (Å²) < 4.78 is 39.6. The van der Waals surface area contributed by atoms with E-state index in [0.717, 1.165) is 12.1 Å². The number of alkyl halides is 3. The fourth-order valence-corrected chi connectivity index (χ4v) is 1.54. The van der Waals surface area contributed by atoms with Gasteiger partial charge in [-0.05, 0) is 31.2 Å². The van der Waals surface area contributed by atoms with Gasteiger partial charge in [0.1, 0.15) is 5.75 Å². The molecule has 0 atom stereocenters. The lowest BCUT2D eigenvalue weighted by Crippen LogP contribution is -2.35. The summed E-state index contributed by atoms with van der Waals surface area (Å²) in [6, 6.07) is 4.80. The minimum absolute atomic E-state index is 0.272. The number of ether oxygens (including phenoxy) is 1. The number of hydrogen-bond acceptors (Lipinski definition) is 3. The van der Waals surface area contributed by atoms with E-state index in [1.54, 1.807) is 6.92 Å². The molecule has 1 aromatic rings. The van der Waals surface area contributed by atoms with Crippen LogP contribution < -0.4 is 10.5 Å². The summed E-state index contributed by atoms with van der Waals surface area (Å²) in [7, 11) is 0. The number of carbonyl (C=O) groups excluding carboxylic acids is 1. The molecule has 1 rings (SSSR count). The summed E-state index contributed by atoms with van der Waals surface area (Å²) in [5, 5.41) is 0. The highest BCUT2D eigenvalue weighted by Gasteiger charge is 2.31. The zero-order chi connectivity index (χ0) is 14.5. The van der Waals surface area contributed by atoms with Gasteiger partial charge in [-0.15, -0.1) is 13.2 Å². The van der Waals surface area contributed by atoms with Crippen molar-refractivity contribution < 1.29 is 22.7 Å². The van der Waals surface area contributed by atoms with Crippen molar-refractivity contribution in [1.29, 1.82) is 0 Å². The van der Waals surface area contributed by atoms with Gasteiger partial charge in [0.05, 0.1) is 0 Å². The van der Waals surface area contributed by atoms with Crippen LogP contribution in [0.2, 0.25) is 0 Å². The Morgan fingerprint density at radius 1 is 1.32 bits per heavy atom. The number of rotatable bonds is 5. The van der Waals surface area contributed by atoms with E-state index in [2.05, 4.69) is 4.74 Å². The summed E-state index contributed by atoms with van der Waals surface area (Å²) in [6.07, 6.45) is -4.74. The van der Waals surface area contributed by atoms with Crippen LogP contribution in [-0.4, -0.2) is 36.8 Å². The Morgan fingerprint density at radius 2 is 1.89 bits per heavy atom. The first-order chi connectivity index (χ1) is 8.87. The molecule has 0 heterocycles. The van der Waals surface area contributed by atoms with Gasteiger partial charge >= 0.3 is 6.36 Å². The van der Waals surface area contributed by atoms with Gasteiger partial charge in [0.15, 0.2) is 0 Å². The van der Waals surface area contributed by atoms with Gasteiger partial charge < -0.3 is 15.4 Å². The largest absolute Gasteiger partial charge is 0.573 e. The zero-order valence-corrected chi connectivity index (χ0v) is 10.4. The minimum Gasteiger partial charge on any atom is -0.406 e. The molecule has 0 aliphatic rings. The first-order valence-electron chi connectivity index (χ1n) is 5.72. The lowest BCUT2D eigenvalue weighted by molar-refractivity contribution is -0.274. The molecule has 4 nitrogen and oxygen atoms in total. The molecule has 0 fully saturated rings. The van der Waals surface area contributed by atoms with Crippen molar-refractivity contribution in [2.75, 3.05) is 19.6 Å². The Bertz CT molecular complexity index is 418. The van der Waals surface area contributed by atoms with Crippen LogP contribution >= 0.6 is 0 Å². The average Bonchev–Trinajstić information content (AvgIpc) is 2.34. The quantitative estimate of drug-likeness (QED) is 0.895. The molecule has 2 N–H and O–H groups in total. The van der Waals surface area contributed by atoms with Crippen molar-refractivity contribution in [3.63, 3.8) is 0 Å². The second-order valence-corrected chi connectivity index (χ2v) is 3.75. The topological polar surface area (TPSA) is 55.6 Å². The Labute approximate surface area is 108 Å². The Morgan fingerprint density at radius 3 is 2.32 bits per heavy atom. The number of carbonyl (C=O) groups is 1. The van der Waals surface area contributed by atoms with Crippen LogP contribution in [0.25, 0.3) is 0 Å². The molecule has 1 aromatic carbocycles. The first kappa shape index (κ1) is 15.3. The summed E-state index contributed by atoms with van der Waals surface area (Å²) >= 11 is 0. The number of likely N-dealkylation sites (N-methyl/N-ethyl adjacent to an activating group) is 1. The van der Waals surface area contributed by atoms with E-state index in [9.17, 15) is 18.0 Å².